The van der Waals surface area contributed by atoms with Crippen LogP contribution in [0.5, 0.6) is 0 Å². The summed E-state index contributed by atoms with van der Waals surface area (Å²) in [6, 6.07) is 17.3. The van der Waals surface area contributed by atoms with Gasteiger partial charge in [-0.1, -0.05) is 54.1 Å². The SMILES string of the molecule is Cl.O=C(CC1CNCCO1)NC(c1ccccc1)c1ccc(Cl)cc1. The van der Waals surface area contributed by atoms with E-state index in [0.717, 1.165) is 17.7 Å². The van der Waals surface area contributed by atoms with Crippen molar-refractivity contribution >= 4 is 29.9 Å². The molecule has 1 saturated heterocycles. The first kappa shape index (κ1) is 19.7. The summed E-state index contributed by atoms with van der Waals surface area (Å²) < 4.78 is 5.62. The molecule has 2 unspecified atom stereocenters. The third-order valence-electron chi connectivity index (χ3n) is 4.06. The predicted octanol–water partition coefficient (Wildman–Crippen LogP) is 3.35. The van der Waals surface area contributed by atoms with Crippen LogP contribution in [0.15, 0.2) is 54.6 Å². The van der Waals surface area contributed by atoms with Crippen molar-refractivity contribution in [2.75, 3.05) is 19.7 Å². The molecule has 2 aromatic rings. The summed E-state index contributed by atoms with van der Waals surface area (Å²) in [6.07, 6.45) is 0.282. The van der Waals surface area contributed by atoms with Crippen LogP contribution in [-0.4, -0.2) is 31.7 Å². The molecule has 1 fully saturated rings. The van der Waals surface area contributed by atoms with Crippen LogP contribution in [0.1, 0.15) is 23.6 Å². The monoisotopic (exact) mass is 380 g/mol. The van der Waals surface area contributed by atoms with Crippen molar-refractivity contribution < 1.29 is 9.53 Å². The summed E-state index contributed by atoms with van der Waals surface area (Å²) in [7, 11) is 0. The first-order valence-electron chi connectivity index (χ1n) is 8.14. The lowest BCUT2D eigenvalue weighted by atomic mass is 9.98. The maximum absolute atomic E-state index is 12.5. The molecule has 2 aromatic carbocycles. The van der Waals surface area contributed by atoms with Crippen LogP contribution < -0.4 is 10.6 Å². The Morgan fingerprint density at radius 1 is 1.16 bits per heavy atom. The number of hydrogen-bond donors (Lipinski definition) is 2. The summed E-state index contributed by atoms with van der Waals surface area (Å²) in [6.45, 7) is 2.21. The van der Waals surface area contributed by atoms with Crippen LogP contribution in [0, 0.1) is 0 Å². The van der Waals surface area contributed by atoms with E-state index in [0.29, 0.717) is 24.6 Å². The fraction of sp³-hybridized carbons (Fsp3) is 0.316. The number of nitrogens with one attached hydrogen (secondary N) is 2. The van der Waals surface area contributed by atoms with Gasteiger partial charge in [0.1, 0.15) is 0 Å². The Morgan fingerprint density at radius 2 is 1.84 bits per heavy atom. The second-order valence-electron chi connectivity index (χ2n) is 5.86. The van der Waals surface area contributed by atoms with E-state index in [1.165, 1.54) is 0 Å². The molecular weight excluding hydrogens is 359 g/mol. The van der Waals surface area contributed by atoms with Gasteiger partial charge in [0.25, 0.3) is 0 Å². The van der Waals surface area contributed by atoms with Crippen LogP contribution in [0.3, 0.4) is 0 Å². The highest BCUT2D eigenvalue weighted by molar-refractivity contribution is 6.30. The van der Waals surface area contributed by atoms with Crippen molar-refractivity contribution in [3.63, 3.8) is 0 Å². The fourth-order valence-corrected chi connectivity index (χ4v) is 2.96. The highest BCUT2D eigenvalue weighted by Gasteiger charge is 2.21. The number of hydrogen-bond acceptors (Lipinski definition) is 3. The summed E-state index contributed by atoms with van der Waals surface area (Å²) in [5, 5.41) is 7.05. The Balaban J connectivity index is 0.00000225. The molecule has 0 saturated carbocycles. The summed E-state index contributed by atoms with van der Waals surface area (Å²) in [5.74, 6) is -0.0208. The zero-order chi connectivity index (χ0) is 16.8. The first-order valence-corrected chi connectivity index (χ1v) is 8.52. The van der Waals surface area contributed by atoms with Crippen molar-refractivity contribution in [3.05, 3.63) is 70.7 Å². The van der Waals surface area contributed by atoms with Crippen molar-refractivity contribution in [3.8, 4) is 0 Å². The van der Waals surface area contributed by atoms with Crippen LogP contribution >= 0.6 is 24.0 Å². The van der Waals surface area contributed by atoms with Gasteiger partial charge in [-0.05, 0) is 23.3 Å². The number of benzene rings is 2. The van der Waals surface area contributed by atoms with Crippen molar-refractivity contribution in [1.82, 2.24) is 10.6 Å². The van der Waals surface area contributed by atoms with Crippen molar-refractivity contribution in [1.29, 1.82) is 0 Å². The summed E-state index contributed by atoms with van der Waals surface area (Å²) in [4.78, 5) is 12.5. The molecular formula is C19H22Cl2N2O2. The Hall–Kier alpha value is -1.59. The average Bonchev–Trinajstić information content (AvgIpc) is 2.62. The number of carbonyl (C=O) groups excluding carboxylic acids is 1. The maximum atomic E-state index is 12.5. The zero-order valence-electron chi connectivity index (χ0n) is 13.8. The Morgan fingerprint density at radius 3 is 2.48 bits per heavy atom. The van der Waals surface area contributed by atoms with Gasteiger partial charge in [0.05, 0.1) is 25.2 Å². The van der Waals surface area contributed by atoms with E-state index in [1.807, 2.05) is 54.6 Å². The van der Waals surface area contributed by atoms with Gasteiger partial charge >= 0.3 is 0 Å². The van der Waals surface area contributed by atoms with Gasteiger partial charge in [-0.2, -0.15) is 0 Å². The topological polar surface area (TPSA) is 50.4 Å². The number of carbonyl (C=O) groups is 1. The second kappa shape index (κ2) is 9.78. The number of amides is 1. The molecule has 4 nitrogen and oxygen atoms in total. The molecule has 0 radical (unpaired) electrons. The van der Waals surface area contributed by atoms with E-state index in [4.69, 9.17) is 16.3 Å². The third-order valence-corrected chi connectivity index (χ3v) is 4.31. The van der Waals surface area contributed by atoms with Crippen LogP contribution in [0.25, 0.3) is 0 Å². The number of ether oxygens (including phenoxy) is 1. The predicted molar refractivity (Wildman–Crippen MR) is 102 cm³/mol. The van der Waals surface area contributed by atoms with Crippen molar-refractivity contribution in [2.24, 2.45) is 0 Å². The fourth-order valence-electron chi connectivity index (χ4n) is 2.84. The molecule has 0 spiro atoms. The molecule has 25 heavy (non-hydrogen) atoms. The first-order chi connectivity index (χ1) is 11.7. The molecule has 134 valence electrons. The van der Waals surface area contributed by atoms with E-state index >= 15 is 0 Å². The van der Waals surface area contributed by atoms with Gasteiger partial charge in [0, 0.05) is 18.1 Å². The molecule has 0 aliphatic carbocycles. The number of rotatable bonds is 5. The molecule has 6 heteroatoms. The molecule has 1 heterocycles. The van der Waals surface area contributed by atoms with Gasteiger partial charge < -0.3 is 15.4 Å². The van der Waals surface area contributed by atoms with Gasteiger partial charge in [0.15, 0.2) is 0 Å². The maximum Gasteiger partial charge on any atom is 0.223 e. The minimum absolute atomic E-state index is 0. The van der Waals surface area contributed by atoms with Gasteiger partial charge in [-0.3, -0.25) is 4.79 Å². The largest absolute Gasteiger partial charge is 0.375 e. The van der Waals surface area contributed by atoms with E-state index < -0.39 is 0 Å². The molecule has 2 atom stereocenters. The van der Waals surface area contributed by atoms with E-state index in [1.54, 1.807) is 0 Å². The lowest BCUT2D eigenvalue weighted by Gasteiger charge is -2.25. The van der Waals surface area contributed by atoms with Crippen LogP contribution in [0.4, 0.5) is 0 Å². The quantitative estimate of drug-likeness (QED) is 0.835. The van der Waals surface area contributed by atoms with Gasteiger partial charge in [0.2, 0.25) is 5.91 Å². The zero-order valence-corrected chi connectivity index (χ0v) is 15.4. The smallest absolute Gasteiger partial charge is 0.223 e. The molecule has 1 aliphatic rings. The Labute approximate surface area is 159 Å². The molecule has 2 N–H and O–H groups in total. The van der Waals surface area contributed by atoms with Crippen molar-refractivity contribution in [2.45, 2.75) is 18.6 Å². The number of morpholine rings is 1. The standard InChI is InChI=1S/C19H21ClN2O2.ClH/c20-16-8-6-15(7-9-16)19(14-4-2-1-3-5-14)22-18(23)12-17-13-21-10-11-24-17;/h1-9,17,19,21H,10-13H2,(H,22,23);1H. The van der Waals surface area contributed by atoms with E-state index in [2.05, 4.69) is 10.6 Å². The number of halogens is 2. The Bertz CT molecular complexity index is 659. The van der Waals surface area contributed by atoms with Crippen LogP contribution in [0.2, 0.25) is 5.02 Å². The third kappa shape index (κ3) is 5.72. The van der Waals surface area contributed by atoms with E-state index in [9.17, 15) is 4.79 Å². The summed E-state index contributed by atoms with van der Waals surface area (Å²) >= 11 is 5.99. The minimum Gasteiger partial charge on any atom is -0.375 e. The highest BCUT2D eigenvalue weighted by atomic mass is 35.5. The normalized spacial score (nSPS) is 18.0. The molecule has 0 bridgehead atoms. The molecule has 1 aliphatic heterocycles. The van der Waals surface area contributed by atoms with E-state index in [-0.39, 0.29) is 30.5 Å². The lowest BCUT2D eigenvalue weighted by Crippen LogP contribution is -2.42. The average molecular weight is 381 g/mol. The van der Waals surface area contributed by atoms with Gasteiger partial charge in [-0.25, -0.2) is 0 Å². The molecule has 3 rings (SSSR count). The molecule has 0 aromatic heterocycles. The minimum atomic E-state index is -0.201. The Kier molecular flexibility index (Phi) is 7.72. The summed E-state index contributed by atoms with van der Waals surface area (Å²) in [5.41, 5.74) is 2.04. The molecule has 1 amide bonds. The highest BCUT2D eigenvalue weighted by Crippen LogP contribution is 2.23. The van der Waals surface area contributed by atoms with Crippen LogP contribution in [-0.2, 0) is 9.53 Å². The second-order valence-corrected chi connectivity index (χ2v) is 6.30. The van der Waals surface area contributed by atoms with Gasteiger partial charge in [-0.15, -0.1) is 12.4 Å². The lowest BCUT2D eigenvalue weighted by molar-refractivity contribution is -0.125.